The first kappa shape index (κ1) is 15.0. The molecule has 0 amide bonds. The maximum atomic E-state index is 7.54. The molecule has 104 valence electrons. The van der Waals surface area contributed by atoms with Gasteiger partial charge in [-0.1, -0.05) is 46.9 Å². The van der Waals surface area contributed by atoms with Crippen molar-refractivity contribution in [1.29, 1.82) is 5.41 Å². The lowest BCUT2D eigenvalue weighted by Gasteiger charge is -2.12. The van der Waals surface area contributed by atoms with Gasteiger partial charge in [-0.15, -0.1) is 0 Å². The zero-order valence-corrected chi connectivity index (χ0v) is 12.6. The Hall–Kier alpha value is -1.42. The molecule has 0 bridgehead atoms. The number of hydrogen-bond acceptors (Lipinski definition) is 2. The van der Waals surface area contributed by atoms with Gasteiger partial charge in [0, 0.05) is 15.6 Å². The predicted octanol–water partition coefficient (Wildman–Crippen LogP) is 4.51. The van der Waals surface area contributed by atoms with Crippen molar-refractivity contribution >= 4 is 40.6 Å². The van der Waals surface area contributed by atoms with Gasteiger partial charge in [0.1, 0.15) is 18.2 Å². The summed E-state index contributed by atoms with van der Waals surface area (Å²) in [6.07, 6.45) is 0. The minimum Gasteiger partial charge on any atom is -0.488 e. The van der Waals surface area contributed by atoms with Gasteiger partial charge in [-0.2, -0.15) is 0 Å². The van der Waals surface area contributed by atoms with Crippen molar-refractivity contribution in [2.24, 2.45) is 5.73 Å². The van der Waals surface area contributed by atoms with Gasteiger partial charge < -0.3 is 10.5 Å². The summed E-state index contributed by atoms with van der Waals surface area (Å²) >= 11 is 17.9. The van der Waals surface area contributed by atoms with E-state index in [9.17, 15) is 0 Å². The van der Waals surface area contributed by atoms with Crippen molar-refractivity contribution in [3.63, 3.8) is 0 Å². The van der Waals surface area contributed by atoms with E-state index in [2.05, 4.69) is 0 Å². The van der Waals surface area contributed by atoms with Crippen molar-refractivity contribution < 1.29 is 4.74 Å². The molecule has 2 aromatic carbocycles. The fourth-order valence-electron chi connectivity index (χ4n) is 1.68. The molecule has 0 aromatic heterocycles. The topological polar surface area (TPSA) is 59.1 Å². The maximum Gasteiger partial charge on any atom is 0.132 e. The SMILES string of the molecule is N=C(N)c1c(Cl)cccc1OCc1ccc(Cl)cc1Cl. The summed E-state index contributed by atoms with van der Waals surface area (Å²) in [6.45, 7) is 0.233. The van der Waals surface area contributed by atoms with Crippen LogP contribution in [-0.2, 0) is 6.61 Å². The highest BCUT2D eigenvalue weighted by atomic mass is 35.5. The van der Waals surface area contributed by atoms with E-state index in [1.165, 1.54) is 0 Å². The number of nitrogens with one attached hydrogen (secondary N) is 1. The molecule has 0 aliphatic rings. The van der Waals surface area contributed by atoms with E-state index in [4.69, 9.17) is 50.7 Å². The van der Waals surface area contributed by atoms with Crippen LogP contribution in [0.3, 0.4) is 0 Å². The molecule has 0 spiro atoms. The Kier molecular flexibility index (Phi) is 4.76. The van der Waals surface area contributed by atoms with E-state index in [0.29, 0.717) is 26.4 Å². The first-order chi connectivity index (χ1) is 9.49. The van der Waals surface area contributed by atoms with E-state index < -0.39 is 0 Å². The summed E-state index contributed by atoms with van der Waals surface area (Å²) in [6, 6.07) is 10.2. The predicted molar refractivity (Wildman–Crippen MR) is 83.3 cm³/mol. The Morgan fingerprint density at radius 3 is 2.50 bits per heavy atom. The van der Waals surface area contributed by atoms with Gasteiger partial charge in [-0.05, 0) is 24.3 Å². The summed E-state index contributed by atoms with van der Waals surface area (Å²) in [5.41, 5.74) is 6.67. The van der Waals surface area contributed by atoms with Crippen LogP contribution >= 0.6 is 34.8 Å². The standard InChI is InChI=1S/C14H11Cl3N2O/c15-9-5-4-8(11(17)6-9)7-20-12-3-1-2-10(16)13(12)14(18)19/h1-6H,7H2,(H3,18,19). The molecule has 6 heteroatoms. The molecule has 0 radical (unpaired) electrons. The number of benzene rings is 2. The average molecular weight is 330 g/mol. The van der Waals surface area contributed by atoms with Gasteiger partial charge in [0.15, 0.2) is 0 Å². The zero-order chi connectivity index (χ0) is 14.7. The maximum absolute atomic E-state index is 7.54. The second-order valence-corrected chi connectivity index (χ2v) is 5.30. The summed E-state index contributed by atoms with van der Waals surface area (Å²) < 4.78 is 5.65. The number of rotatable bonds is 4. The van der Waals surface area contributed by atoms with E-state index in [1.807, 2.05) is 0 Å². The Morgan fingerprint density at radius 1 is 1.10 bits per heavy atom. The number of nitrogens with two attached hydrogens (primary N) is 1. The van der Waals surface area contributed by atoms with Crippen LogP contribution in [0.25, 0.3) is 0 Å². The Labute approximate surface area is 131 Å². The van der Waals surface area contributed by atoms with Crippen LogP contribution in [0.2, 0.25) is 15.1 Å². The normalized spacial score (nSPS) is 10.3. The van der Waals surface area contributed by atoms with Gasteiger partial charge in [-0.3, -0.25) is 5.41 Å². The first-order valence-electron chi connectivity index (χ1n) is 5.68. The van der Waals surface area contributed by atoms with Crippen LogP contribution < -0.4 is 10.5 Å². The van der Waals surface area contributed by atoms with Gasteiger partial charge in [0.25, 0.3) is 0 Å². The number of amidine groups is 1. The summed E-state index contributed by atoms with van der Waals surface area (Å²) in [4.78, 5) is 0. The number of halogens is 3. The first-order valence-corrected chi connectivity index (χ1v) is 6.82. The molecule has 3 N–H and O–H groups in total. The van der Waals surface area contributed by atoms with Gasteiger partial charge in [0.2, 0.25) is 0 Å². The van der Waals surface area contributed by atoms with Crippen molar-refractivity contribution in [2.45, 2.75) is 6.61 Å². The molecule has 0 saturated carbocycles. The molecular formula is C14H11Cl3N2O. The van der Waals surface area contributed by atoms with Crippen LogP contribution in [0.5, 0.6) is 5.75 Å². The van der Waals surface area contributed by atoms with E-state index in [-0.39, 0.29) is 12.4 Å². The zero-order valence-electron chi connectivity index (χ0n) is 10.3. The monoisotopic (exact) mass is 328 g/mol. The molecule has 0 heterocycles. The van der Waals surface area contributed by atoms with Crippen LogP contribution in [-0.4, -0.2) is 5.84 Å². The molecule has 0 aliphatic carbocycles. The Morgan fingerprint density at radius 2 is 1.85 bits per heavy atom. The quantitative estimate of drug-likeness (QED) is 0.640. The number of hydrogen-bond donors (Lipinski definition) is 2. The lowest BCUT2D eigenvalue weighted by atomic mass is 10.2. The fraction of sp³-hybridized carbons (Fsp3) is 0.0714. The minimum atomic E-state index is -0.146. The molecule has 0 saturated heterocycles. The van der Waals surface area contributed by atoms with E-state index in [1.54, 1.807) is 36.4 Å². The van der Waals surface area contributed by atoms with E-state index in [0.717, 1.165) is 5.56 Å². The fourth-order valence-corrected chi connectivity index (χ4v) is 2.41. The molecule has 0 unspecified atom stereocenters. The van der Waals surface area contributed by atoms with Crippen LogP contribution in [0.1, 0.15) is 11.1 Å². The highest BCUT2D eigenvalue weighted by Crippen LogP contribution is 2.28. The van der Waals surface area contributed by atoms with Crippen LogP contribution in [0.15, 0.2) is 36.4 Å². The van der Waals surface area contributed by atoms with Gasteiger partial charge in [-0.25, -0.2) is 0 Å². The van der Waals surface area contributed by atoms with E-state index >= 15 is 0 Å². The number of ether oxygens (including phenoxy) is 1. The molecule has 0 aliphatic heterocycles. The highest BCUT2D eigenvalue weighted by molar-refractivity contribution is 6.35. The van der Waals surface area contributed by atoms with Crippen molar-refractivity contribution in [3.8, 4) is 5.75 Å². The second-order valence-electron chi connectivity index (χ2n) is 4.05. The van der Waals surface area contributed by atoms with Crippen molar-refractivity contribution in [1.82, 2.24) is 0 Å². The molecule has 0 fully saturated rings. The smallest absolute Gasteiger partial charge is 0.132 e. The third kappa shape index (κ3) is 3.37. The number of nitrogen functional groups attached to an aromatic ring is 1. The van der Waals surface area contributed by atoms with Gasteiger partial charge in [0.05, 0.1) is 10.6 Å². The van der Waals surface area contributed by atoms with Crippen LogP contribution in [0.4, 0.5) is 0 Å². The molecule has 0 atom stereocenters. The summed E-state index contributed by atoms with van der Waals surface area (Å²) in [7, 11) is 0. The largest absolute Gasteiger partial charge is 0.488 e. The lowest BCUT2D eigenvalue weighted by molar-refractivity contribution is 0.305. The van der Waals surface area contributed by atoms with Crippen molar-refractivity contribution in [2.75, 3.05) is 0 Å². The third-order valence-electron chi connectivity index (χ3n) is 2.64. The molecule has 20 heavy (non-hydrogen) atoms. The Balaban J connectivity index is 2.23. The van der Waals surface area contributed by atoms with Crippen LogP contribution in [0, 0.1) is 5.41 Å². The third-order valence-corrected chi connectivity index (χ3v) is 3.54. The lowest BCUT2D eigenvalue weighted by Crippen LogP contribution is -2.14. The summed E-state index contributed by atoms with van der Waals surface area (Å²) in [5, 5.41) is 8.99. The molecule has 3 nitrogen and oxygen atoms in total. The summed E-state index contributed by atoms with van der Waals surface area (Å²) in [5.74, 6) is 0.295. The van der Waals surface area contributed by atoms with Gasteiger partial charge >= 0.3 is 0 Å². The molecule has 2 aromatic rings. The Bertz CT molecular complexity index is 659. The second kappa shape index (κ2) is 6.35. The average Bonchev–Trinajstić information content (AvgIpc) is 2.37. The van der Waals surface area contributed by atoms with Crippen molar-refractivity contribution in [3.05, 3.63) is 62.6 Å². The molecular weight excluding hydrogens is 319 g/mol. The highest BCUT2D eigenvalue weighted by Gasteiger charge is 2.12. The minimum absolute atomic E-state index is 0.146. The molecule has 2 rings (SSSR count).